The SMILES string of the molecule is COc1cc(-c2ncccc2-c2ccc3[nH]ncc3c2)ccc1F. The van der Waals surface area contributed by atoms with Crippen molar-refractivity contribution in [3.63, 3.8) is 0 Å². The third kappa shape index (κ3) is 2.40. The maximum atomic E-state index is 13.7. The molecule has 4 aromatic rings. The van der Waals surface area contributed by atoms with Crippen LogP contribution < -0.4 is 4.74 Å². The number of fused-ring (bicyclic) bond motifs is 1. The number of halogens is 1. The molecular weight excluding hydrogens is 305 g/mol. The van der Waals surface area contributed by atoms with Crippen molar-refractivity contribution in [1.29, 1.82) is 0 Å². The van der Waals surface area contributed by atoms with Gasteiger partial charge in [0.15, 0.2) is 11.6 Å². The van der Waals surface area contributed by atoms with Crippen LogP contribution in [0.2, 0.25) is 0 Å². The summed E-state index contributed by atoms with van der Waals surface area (Å²) in [6, 6.07) is 14.7. The van der Waals surface area contributed by atoms with Crippen molar-refractivity contribution in [3.05, 3.63) is 66.7 Å². The van der Waals surface area contributed by atoms with Gasteiger partial charge in [-0.15, -0.1) is 0 Å². The summed E-state index contributed by atoms with van der Waals surface area (Å²) in [6.45, 7) is 0. The van der Waals surface area contributed by atoms with Crippen molar-refractivity contribution >= 4 is 10.9 Å². The number of hydrogen-bond acceptors (Lipinski definition) is 3. The Bertz CT molecular complexity index is 1030. The van der Waals surface area contributed by atoms with Gasteiger partial charge in [0, 0.05) is 22.7 Å². The number of hydrogen-bond donors (Lipinski definition) is 1. The van der Waals surface area contributed by atoms with E-state index in [9.17, 15) is 4.39 Å². The molecule has 0 aliphatic carbocycles. The van der Waals surface area contributed by atoms with E-state index >= 15 is 0 Å². The van der Waals surface area contributed by atoms with Crippen molar-refractivity contribution in [2.24, 2.45) is 0 Å². The summed E-state index contributed by atoms with van der Waals surface area (Å²) >= 11 is 0. The Kier molecular flexibility index (Phi) is 3.46. The molecule has 5 heteroatoms. The first-order valence-electron chi connectivity index (χ1n) is 7.49. The Labute approximate surface area is 137 Å². The molecule has 0 amide bonds. The predicted octanol–water partition coefficient (Wildman–Crippen LogP) is 4.44. The van der Waals surface area contributed by atoms with Gasteiger partial charge in [0.2, 0.25) is 0 Å². The normalized spacial score (nSPS) is 10.9. The molecule has 2 aromatic heterocycles. The lowest BCUT2D eigenvalue weighted by atomic mass is 9.98. The first-order chi connectivity index (χ1) is 11.8. The molecule has 0 atom stereocenters. The molecule has 0 spiro atoms. The minimum atomic E-state index is -0.390. The second kappa shape index (κ2) is 5.77. The highest BCUT2D eigenvalue weighted by atomic mass is 19.1. The van der Waals surface area contributed by atoms with E-state index in [2.05, 4.69) is 21.2 Å². The van der Waals surface area contributed by atoms with Crippen molar-refractivity contribution < 1.29 is 9.13 Å². The number of rotatable bonds is 3. The van der Waals surface area contributed by atoms with Crippen LogP contribution in [-0.2, 0) is 0 Å². The first kappa shape index (κ1) is 14.4. The van der Waals surface area contributed by atoms with E-state index < -0.39 is 5.82 Å². The highest BCUT2D eigenvalue weighted by molar-refractivity contribution is 5.88. The van der Waals surface area contributed by atoms with Crippen LogP contribution in [0.25, 0.3) is 33.3 Å². The third-order valence-corrected chi connectivity index (χ3v) is 3.98. The Morgan fingerprint density at radius 1 is 1.04 bits per heavy atom. The molecule has 0 saturated carbocycles. The highest BCUT2D eigenvalue weighted by Crippen LogP contribution is 2.33. The van der Waals surface area contributed by atoms with Crippen LogP contribution in [0, 0.1) is 5.82 Å². The molecule has 4 nitrogen and oxygen atoms in total. The zero-order valence-corrected chi connectivity index (χ0v) is 13.0. The van der Waals surface area contributed by atoms with E-state index in [1.807, 2.05) is 24.3 Å². The predicted molar refractivity (Wildman–Crippen MR) is 91.3 cm³/mol. The van der Waals surface area contributed by atoms with Gasteiger partial charge in [-0.1, -0.05) is 12.1 Å². The smallest absolute Gasteiger partial charge is 0.165 e. The third-order valence-electron chi connectivity index (χ3n) is 3.98. The molecule has 2 heterocycles. The van der Waals surface area contributed by atoms with Gasteiger partial charge >= 0.3 is 0 Å². The highest BCUT2D eigenvalue weighted by Gasteiger charge is 2.12. The Morgan fingerprint density at radius 3 is 2.79 bits per heavy atom. The largest absolute Gasteiger partial charge is 0.494 e. The van der Waals surface area contributed by atoms with Gasteiger partial charge in [-0.3, -0.25) is 10.1 Å². The Balaban J connectivity index is 1.89. The fourth-order valence-corrected chi connectivity index (χ4v) is 2.79. The van der Waals surface area contributed by atoms with Crippen LogP contribution in [-0.4, -0.2) is 22.3 Å². The molecule has 2 aromatic carbocycles. The molecule has 24 heavy (non-hydrogen) atoms. The van der Waals surface area contributed by atoms with E-state index in [0.29, 0.717) is 0 Å². The molecule has 0 bridgehead atoms. The van der Waals surface area contributed by atoms with Crippen molar-refractivity contribution in [1.82, 2.24) is 15.2 Å². The number of nitrogens with one attached hydrogen (secondary N) is 1. The van der Waals surface area contributed by atoms with E-state index in [-0.39, 0.29) is 5.75 Å². The van der Waals surface area contributed by atoms with Crippen LogP contribution in [0.5, 0.6) is 5.75 Å². The summed E-state index contributed by atoms with van der Waals surface area (Å²) in [5.74, 6) is -0.187. The molecule has 0 aliphatic heterocycles. The van der Waals surface area contributed by atoms with Gasteiger partial charge in [-0.25, -0.2) is 4.39 Å². The minimum absolute atomic E-state index is 0.203. The Hall–Kier alpha value is -3.21. The van der Waals surface area contributed by atoms with E-state index in [0.717, 1.165) is 33.3 Å². The number of aromatic amines is 1. The zero-order valence-electron chi connectivity index (χ0n) is 13.0. The van der Waals surface area contributed by atoms with Crippen LogP contribution in [0.3, 0.4) is 0 Å². The average Bonchev–Trinajstić information content (AvgIpc) is 3.10. The number of H-pyrrole nitrogens is 1. The van der Waals surface area contributed by atoms with Crippen molar-refractivity contribution in [2.75, 3.05) is 7.11 Å². The number of nitrogens with zero attached hydrogens (tertiary/aromatic N) is 2. The number of methoxy groups -OCH3 is 1. The topological polar surface area (TPSA) is 50.8 Å². The van der Waals surface area contributed by atoms with Crippen LogP contribution in [0.1, 0.15) is 0 Å². The lowest BCUT2D eigenvalue weighted by Gasteiger charge is -2.10. The number of aromatic nitrogens is 3. The average molecular weight is 319 g/mol. The summed E-state index contributed by atoms with van der Waals surface area (Å²) in [7, 11) is 1.45. The lowest BCUT2D eigenvalue weighted by molar-refractivity contribution is 0.387. The van der Waals surface area contributed by atoms with Gasteiger partial charge in [-0.2, -0.15) is 5.10 Å². The fourth-order valence-electron chi connectivity index (χ4n) is 2.79. The summed E-state index contributed by atoms with van der Waals surface area (Å²) in [4.78, 5) is 4.50. The van der Waals surface area contributed by atoms with Gasteiger partial charge in [0.05, 0.1) is 24.5 Å². The van der Waals surface area contributed by atoms with Crippen LogP contribution in [0.15, 0.2) is 60.9 Å². The maximum Gasteiger partial charge on any atom is 0.165 e. The second-order valence-electron chi connectivity index (χ2n) is 5.42. The fraction of sp³-hybridized carbons (Fsp3) is 0.0526. The molecular formula is C19H14FN3O. The summed E-state index contributed by atoms with van der Waals surface area (Å²) < 4.78 is 18.8. The second-order valence-corrected chi connectivity index (χ2v) is 5.42. The molecule has 1 N–H and O–H groups in total. The summed E-state index contributed by atoms with van der Waals surface area (Å²) in [5.41, 5.74) is 4.55. The molecule has 0 saturated heterocycles. The molecule has 0 unspecified atom stereocenters. The van der Waals surface area contributed by atoms with E-state index in [1.165, 1.54) is 13.2 Å². The quantitative estimate of drug-likeness (QED) is 0.607. The Morgan fingerprint density at radius 2 is 1.92 bits per heavy atom. The monoisotopic (exact) mass is 319 g/mol. The molecule has 0 aliphatic rings. The van der Waals surface area contributed by atoms with Crippen molar-refractivity contribution in [2.45, 2.75) is 0 Å². The molecule has 118 valence electrons. The summed E-state index contributed by atoms with van der Waals surface area (Å²) in [5, 5.41) is 8.02. The minimum Gasteiger partial charge on any atom is -0.494 e. The van der Waals surface area contributed by atoms with Crippen LogP contribution >= 0.6 is 0 Å². The number of benzene rings is 2. The van der Waals surface area contributed by atoms with Gasteiger partial charge in [-0.05, 0) is 42.0 Å². The van der Waals surface area contributed by atoms with Crippen molar-refractivity contribution in [3.8, 4) is 28.1 Å². The van der Waals surface area contributed by atoms with Crippen LogP contribution in [0.4, 0.5) is 4.39 Å². The molecule has 4 rings (SSSR count). The van der Waals surface area contributed by atoms with Gasteiger partial charge in [0.25, 0.3) is 0 Å². The number of ether oxygens (including phenoxy) is 1. The molecule has 0 radical (unpaired) electrons. The zero-order chi connectivity index (χ0) is 16.5. The maximum absolute atomic E-state index is 13.7. The standard InChI is InChI=1S/C19H14FN3O/c1-24-18-10-13(4-6-16(18)20)19-15(3-2-8-21-19)12-5-7-17-14(9-12)11-22-23-17/h2-11H,1H3,(H,22,23). The van der Waals surface area contributed by atoms with Gasteiger partial charge in [0.1, 0.15) is 0 Å². The van der Waals surface area contributed by atoms with Gasteiger partial charge < -0.3 is 4.74 Å². The number of pyridine rings is 1. The molecule has 0 fully saturated rings. The lowest BCUT2D eigenvalue weighted by Crippen LogP contribution is -1.92. The summed E-state index contributed by atoms with van der Waals surface area (Å²) in [6.07, 6.45) is 3.51. The first-order valence-corrected chi connectivity index (χ1v) is 7.49. The van der Waals surface area contributed by atoms with E-state index in [1.54, 1.807) is 24.5 Å². The van der Waals surface area contributed by atoms with E-state index in [4.69, 9.17) is 4.74 Å².